The van der Waals surface area contributed by atoms with Crippen LogP contribution < -0.4 is 5.32 Å². The average molecular weight is 461 g/mol. The van der Waals surface area contributed by atoms with Gasteiger partial charge >= 0.3 is 5.97 Å². The lowest BCUT2D eigenvalue weighted by Crippen LogP contribution is -2.53. The van der Waals surface area contributed by atoms with E-state index in [0.29, 0.717) is 31.9 Å². The summed E-state index contributed by atoms with van der Waals surface area (Å²) in [4.78, 5) is 26.7. The van der Waals surface area contributed by atoms with Crippen molar-refractivity contribution in [1.29, 1.82) is 0 Å². The molecule has 154 valence electrons. The Morgan fingerprint density at radius 2 is 2.03 bits per heavy atom. The molecule has 1 N–H and O–H groups in total. The molecule has 1 amide bonds. The predicted octanol–water partition coefficient (Wildman–Crippen LogP) is 3.31. The summed E-state index contributed by atoms with van der Waals surface area (Å²) < 4.78 is 11.3. The van der Waals surface area contributed by atoms with E-state index < -0.39 is 0 Å². The van der Waals surface area contributed by atoms with Crippen LogP contribution in [0.1, 0.15) is 34.5 Å². The third-order valence-electron chi connectivity index (χ3n) is 5.01. The largest absolute Gasteiger partial charge is 0.465 e. The molecule has 1 saturated heterocycles. The fourth-order valence-electron chi connectivity index (χ4n) is 3.36. The minimum atomic E-state index is -0.379. The zero-order valence-corrected chi connectivity index (χ0v) is 18.1. The maximum atomic E-state index is 13.0. The highest BCUT2D eigenvalue weighted by atomic mass is 79.9. The molecule has 0 radical (unpaired) electrons. The Labute approximate surface area is 179 Å². The van der Waals surface area contributed by atoms with Crippen LogP contribution >= 0.6 is 15.9 Å². The first kappa shape index (κ1) is 21.5. The number of nitrogens with one attached hydrogen (secondary N) is 1. The molecule has 1 fully saturated rings. The summed E-state index contributed by atoms with van der Waals surface area (Å²) in [5.74, 6) is -0.444. The van der Waals surface area contributed by atoms with Crippen LogP contribution in [0.5, 0.6) is 0 Å². The molecule has 1 heterocycles. The number of hydrogen-bond acceptors (Lipinski definition) is 5. The summed E-state index contributed by atoms with van der Waals surface area (Å²) in [6, 6.07) is 14.6. The summed E-state index contributed by atoms with van der Waals surface area (Å²) in [6.45, 7) is 4.29. The van der Waals surface area contributed by atoms with Gasteiger partial charge in [0.1, 0.15) is 6.04 Å². The van der Waals surface area contributed by atoms with Crippen molar-refractivity contribution in [3.8, 4) is 0 Å². The molecule has 2 aromatic rings. The van der Waals surface area contributed by atoms with Crippen LogP contribution in [-0.4, -0.2) is 49.7 Å². The molecule has 1 aliphatic heterocycles. The van der Waals surface area contributed by atoms with E-state index >= 15 is 0 Å². The van der Waals surface area contributed by atoms with Crippen molar-refractivity contribution in [2.24, 2.45) is 0 Å². The normalized spacial score (nSPS) is 18.1. The van der Waals surface area contributed by atoms with E-state index in [-0.39, 0.29) is 24.0 Å². The highest BCUT2D eigenvalue weighted by Gasteiger charge is 2.30. The second kappa shape index (κ2) is 10.0. The van der Waals surface area contributed by atoms with Gasteiger partial charge in [-0.15, -0.1) is 0 Å². The number of amides is 1. The number of nitrogens with zero attached hydrogens (tertiary/aromatic N) is 1. The van der Waals surface area contributed by atoms with Gasteiger partial charge in [-0.25, -0.2) is 4.79 Å². The lowest BCUT2D eigenvalue weighted by Gasteiger charge is -2.35. The predicted molar refractivity (Wildman–Crippen MR) is 113 cm³/mol. The number of esters is 1. The Morgan fingerprint density at radius 3 is 2.72 bits per heavy atom. The second-order valence-corrected chi connectivity index (χ2v) is 7.95. The molecular formula is C22H25BrN2O4. The van der Waals surface area contributed by atoms with E-state index in [2.05, 4.69) is 38.3 Å². The molecule has 6 nitrogen and oxygen atoms in total. The molecule has 7 heteroatoms. The molecule has 29 heavy (non-hydrogen) atoms. The SMILES string of the molecule is COC(=O)c1ccc([C@H](C)NC(=O)[C@H]2COCCN2Cc2cccc(Br)c2)cc1. The highest BCUT2D eigenvalue weighted by molar-refractivity contribution is 9.10. The standard InChI is InChI=1S/C22H25BrN2O4/c1-15(17-6-8-18(9-7-17)22(27)28-2)24-21(26)20-14-29-11-10-25(20)13-16-4-3-5-19(23)12-16/h3-9,12,15,20H,10-11,13-14H2,1-2H3,(H,24,26)/t15-,20+/m0/s1. The van der Waals surface area contributed by atoms with Crippen molar-refractivity contribution in [3.63, 3.8) is 0 Å². The van der Waals surface area contributed by atoms with Gasteiger partial charge in [0.15, 0.2) is 0 Å². The van der Waals surface area contributed by atoms with Crippen molar-refractivity contribution >= 4 is 27.8 Å². The number of carbonyl (C=O) groups excluding carboxylic acids is 2. The van der Waals surface area contributed by atoms with Gasteiger partial charge in [-0.1, -0.05) is 40.2 Å². The zero-order chi connectivity index (χ0) is 20.8. The third kappa shape index (κ3) is 5.65. The summed E-state index contributed by atoms with van der Waals surface area (Å²) in [7, 11) is 1.35. The van der Waals surface area contributed by atoms with Crippen molar-refractivity contribution in [1.82, 2.24) is 10.2 Å². The van der Waals surface area contributed by atoms with Gasteiger partial charge in [0, 0.05) is 17.6 Å². The van der Waals surface area contributed by atoms with E-state index in [0.717, 1.165) is 15.6 Å². The van der Waals surface area contributed by atoms with Crippen molar-refractivity contribution in [2.75, 3.05) is 26.9 Å². The fourth-order valence-corrected chi connectivity index (χ4v) is 3.80. The van der Waals surface area contributed by atoms with E-state index in [4.69, 9.17) is 9.47 Å². The molecular weight excluding hydrogens is 436 g/mol. The molecule has 0 aliphatic carbocycles. The van der Waals surface area contributed by atoms with Crippen LogP contribution in [0.25, 0.3) is 0 Å². The molecule has 0 saturated carbocycles. The number of rotatable bonds is 6. The van der Waals surface area contributed by atoms with E-state index in [9.17, 15) is 9.59 Å². The lowest BCUT2D eigenvalue weighted by atomic mass is 10.1. The monoisotopic (exact) mass is 460 g/mol. The molecule has 0 bridgehead atoms. The molecule has 2 aromatic carbocycles. The Kier molecular flexibility index (Phi) is 7.41. The van der Waals surface area contributed by atoms with Gasteiger partial charge in [-0.3, -0.25) is 9.69 Å². The lowest BCUT2D eigenvalue weighted by molar-refractivity contribution is -0.133. The summed E-state index contributed by atoms with van der Waals surface area (Å²) in [6.07, 6.45) is 0. The molecule has 0 aromatic heterocycles. The fraction of sp³-hybridized carbons (Fsp3) is 0.364. The highest BCUT2D eigenvalue weighted by Crippen LogP contribution is 2.19. The maximum Gasteiger partial charge on any atom is 0.337 e. The van der Waals surface area contributed by atoms with Gasteiger partial charge in [0.05, 0.1) is 31.9 Å². The van der Waals surface area contributed by atoms with Crippen LogP contribution in [0.3, 0.4) is 0 Å². The van der Waals surface area contributed by atoms with Crippen LogP contribution in [0.2, 0.25) is 0 Å². The molecule has 1 aliphatic rings. The van der Waals surface area contributed by atoms with Crippen molar-refractivity contribution in [3.05, 3.63) is 69.7 Å². The van der Waals surface area contributed by atoms with E-state index in [1.807, 2.05) is 31.2 Å². The minimum Gasteiger partial charge on any atom is -0.465 e. The zero-order valence-electron chi connectivity index (χ0n) is 16.6. The average Bonchev–Trinajstić information content (AvgIpc) is 2.73. The van der Waals surface area contributed by atoms with Crippen LogP contribution in [0.15, 0.2) is 53.0 Å². The Bertz CT molecular complexity index is 856. The number of halogens is 1. The maximum absolute atomic E-state index is 13.0. The van der Waals surface area contributed by atoms with Crippen LogP contribution in [0.4, 0.5) is 0 Å². The Hall–Kier alpha value is -2.22. The number of hydrogen-bond donors (Lipinski definition) is 1. The smallest absolute Gasteiger partial charge is 0.337 e. The second-order valence-electron chi connectivity index (χ2n) is 7.03. The summed E-state index contributed by atoms with van der Waals surface area (Å²) >= 11 is 3.50. The van der Waals surface area contributed by atoms with E-state index in [1.165, 1.54) is 7.11 Å². The quantitative estimate of drug-likeness (QED) is 0.669. The van der Waals surface area contributed by atoms with Gasteiger partial charge in [0.25, 0.3) is 0 Å². The van der Waals surface area contributed by atoms with E-state index in [1.54, 1.807) is 12.1 Å². The molecule has 0 unspecified atom stereocenters. The minimum absolute atomic E-state index is 0.0655. The number of methoxy groups -OCH3 is 1. The first-order valence-corrected chi connectivity index (χ1v) is 10.3. The molecule has 0 spiro atoms. The van der Waals surface area contributed by atoms with Crippen molar-refractivity contribution in [2.45, 2.75) is 25.6 Å². The first-order valence-electron chi connectivity index (χ1n) is 9.53. The van der Waals surface area contributed by atoms with Gasteiger partial charge in [0.2, 0.25) is 5.91 Å². The van der Waals surface area contributed by atoms with Gasteiger partial charge in [-0.2, -0.15) is 0 Å². The molecule has 2 atom stereocenters. The van der Waals surface area contributed by atoms with Gasteiger partial charge < -0.3 is 14.8 Å². The van der Waals surface area contributed by atoms with Crippen molar-refractivity contribution < 1.29 is 19.1 Å². The first-order chi connectivity index (χ1) is 14.0. The summed E-state index contributed by atoms with van der Waals surface area (Å²) in [5, 5.41) is 3.07. The van der Waals surface area contributed by atoms with Crippen LogP contribution in [-0.2, 0) is 20.8 Å². The van der Waals surface area contributed by atoms with Gasteiger partial charge in [-0.05, 0) is 42.3 Å². The number of carbonyl (C=O) groups is 2. The Balaban J connectivity index is 1.64. The number of morpholine rings is 1. The molecule has 3 rings (SSSR count). The Morgan fingerprint density at radius 1 is 1.28 bits per heavy atom. The third-order valence-corrected chi connectivity index (χ3v) is 5.50. The topological polar surface area (TPSA) is 67.9 Å². The number of ether oxygens (including phenoxy) is 2. The summed E-state index contributed by atoms with van der Waals surface area (Å²) in [5.41, 5.74) is 2.54. The number of benzene rings is 2. The van der Waals surface area contributed by atoms with Crippen LogP contribution in [0, 0.1) is 0 Å².